The maximum Gasteiger partial charge on any atom is 0.338 e. The summed E-state index contributed by atoms with van der Waals surface area (Å²) in [5.74, 6) is -0.0499. The lowest BCUT2D eigenvalue weighted by Gasteiger charge is -2.08. The van der Waals surface area contributed by atoms with Gasteiger partial charge in [0.15, 0.2) is 6.61 Å². The van der Waals surface area contributed by atoms with Gasteiger partial charge < -0.3 is 10.1 Å². The third kappa shape index (κ3) is 4.80. The zero-order valence-electron chi connectivity index (χ0n) is 17.2. The Labute approximate surface area is 180 Å². The number of carbonyl (C=O) groups is 2. The average Bonchev–Trinajstić information content (AvgIpc) is 3.13. The molecule has 6 nitrogen and oxygen atoms in total. The number of carbonyl (C=O) groups excluding carboxylic acids is 2. The van der Waals surface area contributed by atoms with E-state index in [1.165, 1.54) is 0 Å². The largest absolute Gasteiger partial charge is 0.452 e. The Morgan fingerprint density at radius 3 is 2.42 bits per heavy atom. The van der Waals surface area contributed by atoms with Gasteiger partial charge in [-0.2, -0.15) is 0 Å². The zero-order valence-corrected chi connectivity index (χ0v) is 17.2. The van der Waals surface area contributed by atoms with Gasteiger partial charge >= 0.3 is 5.97 Å². The van der Waals surface area contributed by atoms with Crippen molar-refractivity contribution in [1.29, 1.82) is 0 Å². The summed E-state index contributed by atoms with van der Waals surface area (Å²) in [6, 6.07) is 25.0. The van der Waals surface area contributed by atoms with Crippen LogP contribution < -0.4 is 5.32 Å². The molecule has 1 N–H and O–H groups in total. The number of aryl methyl sites for hydroxylation is 1. The number of nitrogens with zero attached hydrogens (tertiary/aromatic N) is 2. The van der Waals surface area contributed by atoms with Crippen LogP contribution in [0.4, 0.5) is 0 Å². The zero-order chi connectivity index (χ0) is 21.6. The number of esters is 1. The summed E-state index contributed by atoms with van der Waals surface area (Å²) in [7, 11) is 0. The van der Waals surface area contributed by atoms with Crippen LogP contribution >= 0.6 is 0 Å². The van der Waals surface area contributed by atoms with E-state index < -0.39 is 5.97 Å². The summed E-state index contributed by atoms with van der Waals surface area (Å²) in [6.45, 7) is 2.09. The van der Waals surface area contributed by atoms with Crippen molar-refractivity contribution in [3.63, 3.8) is 0 Å². The molecule has 0 spiro atoms. The summed E-state index contributed by atoms with van der Waals surface area (Å²) < 4.78 is 7.21. The second-order valence-electron chi connectivity index (χ2n) is 7.20. The third-order valence-corrected chi connectivity index (χ3v) is 4.99. The normalized spacial score (nSPS) is 10.7. The topological polar surface area (TPSA) is 73.2 Å². The standard InChI is InChI=1S/C25H23N3O3/c1-18-27-22-16-20(12-13-23(22)28(18)21-10-6-3-7-11-21)25(30)31-17-24(29)26-15-14-19-8-4-2-5-9-19/h2-13,16H,14-15,17H2,1H3,(H,26,29). The first-order valence-electron chi connectivity index (χ1n) is 10.1. The fraction of sp³-hybridized carbons (Fsp3) is 0.160. The van der Waals surface area contributed by atoms with E-state index in [1.807, 2.05) is 78.2 Å². The molecule has 1 amide bonds. The van der Waals surface area contributed by atoms with Crippen LogP contribution in [0.2, 0.25) is 0 Å². The van der Waals surface area contributed by atoms with Crippen molar-refractivity contribution in [1.82, 2.24) is 14.9 Å². The van der Waals surface area contributed by atoms with Crippen molar-refractivity contribution >= 4 is 22.9 Å². The first kappa shape index (κ1) is 20.3. The van der Waals surface area contributed by atoms with Gasteiger partial charge in [0.2, 0.25) is 0 Å². The van der Waals surface area contributed by atoms with E-state index in [9.17, 15) is 9.59 Å². The van der Waals surface area contributed by atoms with Crippen molar-refractivity contribution in [3.05, 3.63) is 95.8 Å². The van der Waals surface area contributed by atoms with Gasteiger partial charge in [-0.1, -0.05) is 48.5 Å². The fourth-order valence-corrected chi connectivity index (χ4v) is 3.49. The van der Waals surface area contributed by atoms with Crippen molar-refractivity contribution < 1.29 is 14.3 Å². The summed E-state index contributed by atoms with van der Waals surface area (Å²) in [4.78, 5) is 29.0. The van der Waals surface area contributed by atoms with Gasteiger partial charge in [0.05, 0.1) is 16.6 Å². The minimum Gasteiger partial charge on any atom is -0.452 e. The molecular formula is C25H23N3O3. The highest BCUT2D eigenvalue weighted by Crippen LogP contribution is 2.22. The molecule has 0 saturated carbocycles. The molecule has 1 aromatic heterocycles. The minimum absolute atomic E-state index is 0.316. The number of ether oxygens (including phenoxy) is 1. The number of benzene rings is 3. The minimum atomic E-state index is -0.549. The van der Waals surface area contributed by atoms with Crippen molar-refractivity contribution in [2.75, 3.05) is 13.2 Å². The SMILES string of the molecule is Cc1nc2cc(C(=O)OCC(=O)NCCc3ccccc3)ccc2n1-c1ccccc1. The number of aromatic nitrogens is 2. The average molecular weight is 413 g/mol. The second-order valence-corrected chi connectivity index (χ2v) is 7.20. The lowest BCUT2D eigenvalue weighted by molar-refractivity contribution is -0.124. The Balaban J connectivity index is 1.36. The number of para-hydroxylation sites is 1. The van der Waals surface area contributed by atoms with Gasteiger partial charge in [-0.3, -0.25) is 9.36 Å². The molecule has 0 unspecified atom stereocenters. The Bertz CT molecular complexity index is 1200. The molecule has 31 heavy (non-hydrogen) atoms. The van der Waals surface area contributed by atoms with E-state index in [0.717, 1.165) is 29.0 Å². The summed E-state index contributed by atoms with van der Waals surface area (Å²) in [6.07, 6.45) is 0.723. The molecular weight excluding hydrogens is 390 g/mol. The van der Waals surface area contributed by atoms with Gasteiger partial charge in [-0.15, -0.1) is 0 Å². The number of imidazole rings is 1. The molecule has 6 heteroatoms. The molecule has 0 bridgehead atoms. The predicted molar refractivity (Wildman–Crippen MR) is 119 cm³/mol. The molecule has 0 aliphatic heterocycles. The Morgan fingerprint density at radius 1 is 0.968 bits per heavy atom. The number of hydrogen-bond donors (Lipinski definition) is 1. The van der Waals surface area contributed by atoms with E-state index >= 15 is 0 Å². The number of nitrogens with one attached hydrogen (secondary N) is 1. The third-order valence-electron chi connectivity index (χ3n) is 4.99. The highest BCUT2D eigenvalue weighted by Gasteiger charge is 2.14. The van der Waals surface area contributed by atoms with Gasteiger partial charge in [-0.25, -0.2) is 9.78 Å². The van der Waals surface area contributed by atoms with E-state index in [0.29, 0.717) is 17.6 Å². The molecule has 1 heterocycles. The van der Waals surface area contributed by atoms with Crippen LogP contribution in [0.3, 0.4) is 0 Å². The van der Waals surface area contributed by atoms with E-state index in [-0.39, 0.29) is 12.5 Å². The van der Waals surface area contributed by atoms with Crippen molar-refractivity contribution in [2.45, 2.75) is 13.3 Å². The molecule has 4 rings (SSSR count). The summed E-state index contributed by atoms with van der Waals surface area (Å²) in [5.41, 5.74) is 4.10. The molecule has 0 saturated heterocycles. The van der Waals surface area contributed by atoms with Crippen molar-refractivity contribution in [3.8, 4) is 5.69 Å². The van der Waals surface area contributed by atoms with Crippen LogP contribution in [0.5, 0.6) is 0 Å². The monoisotopic (exact) mass is 413 g/mol. The maximum absolute atomic E-state index is 12.4. The highest BCUT2D eigenvalue weighted by molar-refractivity contribution is 5.95. The predicted octanol–water partition coefficient (Wildman–Crippen LogP) is 3.85. The molecule has 0 atom stereocenters. The molecule has 156 valence electrons. The second kappa shape index (κ2) is 9.26. The fourth-order valence-electron chi connectivity index (χ4n) is 3.49. The smallest absolute Gasteiger partial charge is 0.338 e. The summed E-state index contributed by atoms with van der Waals surface area (Å²) >= 11 is 0. The molecule has 4 aromatic rings. The lowest BCUT2D eigenvalue weighted by Crippen LogP contribution is -2.30. The maximum atomic E-state index is 12.4. The lowest BCUT2D eigenvalue weighted by atomic mass is 10.1. The van der Waals surface area contributed by atoms with Crippen LogP contribution in [-0.4, -0.2) is 34.6 Å². The first-order valence-corrected chi connectivity index (χ1v) is 10.1. The van der Waals surface area contributed by atoms with E-state index in [4.69, 9.17) is 4.74 Å². The Morgan fingerprint density at radius 2 is 1.68 bits per heavy atom. The van der Waals surface area contributed by atoms with Crippen LogP contribution in [-0.2, 0) is 16.0 Å². The molecule has 0 fully saturated rings. The summed E-state index contributed by atoms with van der Waals surface area (Å²) in [5, 5.41) is 2.76. The number of rotatable bonds is 7. The molecule has 0 radical (unpaired) electrons. The molecule has 0 aliphatic carbocycles. The van der Waals surface area contributed by atoms with Gasteiger partial charge in [0, 0.05) is 12.2 Å². The van der Waals surface area contributed by atoms with Gasteiger partial charge in [0.25, 0.3) is 5.91 Å². The number of hydrogen-bond acceptors (Lipinski definition) is 4. The van der Waals surface area contributed by atoms with Crippen LogP contribution in [0.1, 0.15) is 21.7 Å². The van der Waals surface area contributed by atoms with Crippen LogP contribution in [0.15, 0.2) is 78.9 Å². The first-order chi connectivity index (χ1) is 15.1. The molecule has 0 aliphatic rings. The Hall–Kier alpha value is -3.93. The van der Waals surface area contributed by atoms with Crippen LogP contribution in [0.25, 0.3) is 16.7 Å². The van der Waals surface area contributed by atoms with Gasteiger partial charge in [-0.05, 0) is 49.2 Å². The van der Waals surface area contributed by atoms with E-state index in [2.05, 4.69) is 10.3 Å². The van der Waals surface area contributed by atoms with E-state index in [1.54, 1.807) is 12.1 Å². The van der Waals surface area contributed by atoms with Crippen molar-refractivity contribution in [2.24, 2.45) is 0 Å². The van der Waals surface area contributed by atoms with Gasteiger partial charge in [0.1, 0.15) is 5.82 Å². The number of fused-ring (bicyclic) bond motifs is 1. The Kier molecular flexibility index (Phi) is 6.08. The molecule has 3 aromatic carbocycles. The van der Waals surface area contributed by atoms with Crippen LogP contribution in [0, 0.1) is 6.92 Å². The number of amides is 1. The quantitative estimate of drug-likeness (QED) is 0.467. The highest BCUT2D eigenvalue weighted by atomic mass is 16.5.